The molecule has 3 atom stereocenters. The Morgan fingerprint density at radius 3 is 2.69 bits per heavy atom. The minimum absolute atomic E-state index is 0.0116. The van der Waals surface area contributed by atoms with Crippen LogP contribution in [0.15, 0.2) is 0 Å². The van der Waals surface area contributed by atoms with E-state index in [1.54, 1.807) is 0 Å². The van der Waals surface area contributed by atoms with E-state index in [1.807, 2.05) is 6.92 Å². The van der Waals surface area contributed by atoms with E-state index in [9.17, 15) is 9.59 Å². The lowest BCUT2D eigenvalue weighted by molar-refractivity contribution is -0.145. The topological polar surface area (TPSA) is 55.4 Å². The molecule has 0 aromatic carbocycles. The molecule has 2 aliphatic heterocycles. The SMILES string of the molecule is C[C@@H]1C[C@@H]([C@@H]2CCC(=O)N2)OC1=O. The van der Waals surface area contributed by atoms with Crippen LogP contribution in [0, 0.1) is 5.92 Å². The van der Waals surface area contributed by atoms with Crippen molar-refractivity contribution in [3.63, 3.8) is 0 Å². The van der Waals surface area contributed by atoms with Gasteiger partial charge in [0.2, 0.25) is 5.91 Å². The highest BCUT2D eigenvalue weighted by Crippen LogP contribution is 2.26. The van der Waals surface area contributed by atoms with Crippen molar-refractivity contribution >= 4 is 11.9 Å². The Bertz CT molecular complexity index is 251. The number of esters is 1. The van der Waals surface area contributed by atoms with Crippen molar-refractivity contribution in [2.45, 2.75) is 38.3 Å². The number of nitrogens with one attached hydrogen (secondary N) is 1. The van der Waals surface area contributed by atoms with Crippen LogP contribution in [0.25, 0.3) is 0 Å². The van der Waals surface area contributed by atoms with E-state index in [0.717, 1.165) is 12.8 Å². The molecule has 1 amide bonds. The number of carbonyl (C=O) groups excluding carboxylic acids is 2. The fourth-order valence-corrected chi connectivity index (χ4v) is 1.92. The zero-order valence-electron chi connectivity index (χ0n) is 7.58. The molecule has 0 saturated carbocycles. The summed E-state index contributed by atoms with van der Waals surface area (Å²) in [6.45, 7) is 1.86. The largest absolute Gasteiger partial charge is 0.460 e. The predicted molar refractivity (Wildman–Crippen MR) is 44.8 cm³/mol. The molecule has 0 bridgehead atoms. The second-order valence-corrected chi connectivity index (χ2v) is 3.82. The van der Waals surface area contributed by atoms with Gasteiger partial charge >= 0.3 is 5.97 Å². The van der Waals surface area contributed by atoms with Crippen LogP contribution in [0.2, 0.25) is 0 Å². The summed E-state index contributed by atoms with van der Waals surface area (Å²) in [5.41, 5.74) is 0. The van der Waals surface area contributed by atoms with Gasteiger partial charge in [-0.15, -0.1) is 0 Å². The molecule has 0 aromatic heterocycles. The molecule has 13 heavy (non-hydrogen) atoms. The summed E-state index contributed by atoms with van der Waals surface area (Å²) in [5.74, 6) is -0.0748. The van der Waals surface area contributed by atoms with Crippen LogP contribution < -0.4 is 5.32 Å². The summed E-state index contributed by atoms with van der Waals surface area (Å²) < 4.78 is 5.15. The van der Waals surface area contributed by atoms with Crippen LogP contribution in [0.3, 0.4) is 0 Å². The van der Waals surface area contributed by atoms with Crippen molar-refractivity contribution in [1.82, 2.24) is 5.32 Å². The van der Waals surface area contributed by atoms with Gasteiger partial charge in [-0.05, 0) is 12.8 Å². The average molecular weight is 183 g/mol. The van der Waals surface area contributed by atoms with Gasteiger partial charge < -0.3 is 10.1 Å². The number of rotatable bonds is 1. The third kappa shape index (κ3) is 1.53. The van der Waals surface area contributed by atoms with Crippen LogP contribution in [-0.4, -0.2) is 24.0 Å². The van der Waals surface area contributed by atoms with Crippen LogP contribution in [0.1, 0.15) is 26.2 Å². The van der Waals surface area contributed by atoms with Crippen molar-refractivity contribution in [2.75, 3.05) is 0 Å². The van der Waals surface area contributed by atoms with Gasteiger partial charge in [-0.25, -0.2) is 0 Å². The molecule has 0 unspecified atom stereocenters. The minimum atomic E-state index is -0.133. The summed E-state index contributed by atoms with van der Waals surface area (Å²) in [7, 11) is 0. The number of hydrogen-bond donors (Lipinski definition) is 1. The number of amides is 1. The Balaban J connectivity index is 1.96. The van der Waals surface area contributed by atoms with Gasteiger partial charge in [0.05, 0.1) is 12.0 Å². The molecular formula is C9H13NO3. The van der Waals surface area contributed by atoms with E-state index in [0.29, 0.717) is 6.42 Å². The lowest BCUT2D eigenvalue weighted by Gasteiger charge is -2.16. The molecule has 4 heteroatoms. The van der Waals surface area contributed by atoms with Gasteiger partial charge in [0.25, 0.3) is 0 Å². The molecule has 2 aliphatic rings. The Kier molecular flexibility index (Phi) is 1.98. The minimum Gasteiger partial charge on any atom is -0.460 e. The van der Waals surface area contributed by atoms with Gasteiger partial charge in [0.15, 0.2) is 0 Å². The fourth-order valence-electron chi connectivity index (χ4n) is 1.92. The molecule has 4 nitrogen and oxygen atoms in total. The molecule has 2 saturated heterocycles. The maximum atomic E-state index is 11.1. The zero-order valence-corrected chi connectivity index (χ0v) is 7.58. The molecule has 0 aromatic rings. The van der Waals surface area contributed by atoms with E-state index < -0.39 is 0 Å². The Morgan fingerprint density at radius 1 is 1.46 bits per heavy atom. The normalized spacial score (nSPS) is 39.0. The van der Waals surface area contributed by atoms with Gasteiger partial charge in [-0.1, -0.05) is 6.92 Å². The van der Waals surface area contributed by atoms with Crippen molar-refractivity contribution in [2.24, 2.45) is 5.92 Å². The van der Waals surface area contributed by atoms with Crippen LogP contribution in [0.5, 0.6) is 0 Å². The van der Waals surface area contributed by atoms with Crippen molar-refractivity contribution in [3.8, 4) is 0 Å². The number of ether oxygens (including phenoxy) is 1. The molecule has 0 spiro atoms. The second kappa shape index (κ2) is 3.01. The third-order valence-corrected chi connectivity index (χ3v) is 2.73. The molecule has 0 radical (unpaired) electrons. The van der Waals surface area contributed by atoms with Crippen molar-refractivity contribution < 1.29 is 14.3 Å². The van der Waals surface area contributed by atoms with Crippen LogP contribution in [-0.2, 0) is 14.3 Å². The van der Waals surface area contributed by atoms with E-state index in [-0.39, 0.29) is 29.9 Å². The molecule has 2 rings (SSSR count). The molecule has 2 heterocycles. The van der Waals surface area contributed by atoms with Crippen LogP contribution >= 0.6 is 0 Å². The van der Waals surface area contributed by atoms with E-state index in [2.05, 4.69) is 5.32 Å². The maximum Gasteiger partial charge on any atom is 0.309 e. The molecule has 0 aliphatic carbocycles. The quantitative estimate of drug-likeness (QED) is 0.591. The fraction of sp³-hybridized carbons (Fsp3) is 0.778. The number of cyclic esters (lactones) is 1. The summed E-state index contributed by atoms with van der Waals surface area (Å²) in [4.78, 5) is 22.0. The maximum absolute atomic E-state index is 11.1. The lowest BCUT2D eigenvalue weighted by atomic mass is 10.0. The molecule has 1 N–H and O–H groups in total. The van der Waals surface area contributed by atoms with Crippen LogP contribution in [0.4, 0.5) is 0 Å². The number of carbonyl (C=O) groups is 2. The average Bonchev–Trinajstić information content (AvgIpc) is 2.61. The highest BCUT2D eigenvalue weighted by molar-refractivity contribution is 5.79. The predicted octanol–water partition coefficient (Wildman–Crippen LogP) is 0.217. The van der Waals surface area contributed by atoms with Gasteiger partial charge in [0, 0.05) is 6.42 Å². The first-order valence-electron chi connectivity index (χ1n) is 4.66. The highest BCUT2D eigenvalue weighted by Gasteiger charge is 2.38. The zero-order chi connectivity index (χ0) is 9.42. The highest BCUT2D eigenvalue weighted by atomic mass is 16.6. The Labute approximate surface area is 76.6 Å². The second-order valence-electron chi connectivity index (χ2n) is 3.82. The summed E-state index contributed by atoms with van der Waals surface area (Å²) in [5, 5.41) is 2.82. The summed E-state index contributed by atoms with van der Waals surface area (Å²) in [6.07, 6.45) is 2.01. The third-order valence-electron chi connectivity index (χ3n) is 2.73. The van der Waals surface area contributed by atoms with Crippen molar-refractivity contribution in [3.05, 3.63) is 0 Å². The lowest BCUT2D eigenvalue weighted by Crippen LogP contribution is -2.36. The van der Waals surface area contributed by atoms with Crippen molar-refractivity contribution in [1.29, 1.82) is 0 Å². The van der Waals surface area contributed by atoms with E-state index in [1.165, 1.54) is 0 Å². The summed E-state index contributed by atoms with van der Waals surface area (Å²) >= 11 is 0. The Morgan fingerprint density at radius 2 is 2.23 bits per heavy atom. The van der Waals surface area contributed by atoms with Gasteiger partial charge in [-0.3, -0.25) is 9.59 Å². The molecule has 2 fully saturated rings. The Hall–Kier alpha value is -1.06. The first-order chi connectivity index (χ1) is 6.16. The molecular weight excluding hydrogens is 170 g/mol. The summed E-state index contributed by atoms with van der Waals surface area (Å²) in [6, 6.07) is 0.0569. The van der Waals surface area contributed by atoms with E-state index in [4.69, 9.17) is 4.74 Å². The van der Waals surface area contributed by atoms with Gasteiger partial charge in [-0.2, -0.15) is 0 Å². The molecule has 72 valence electrons. The monoisotopic (exact) mass is 183 g/mol. The first-order valence-corrected chi connectivity index (χ1v) is 4.66. The smallest absolute Gasteiger partial charge is 0.309 e. The van der Waals surface area contributed by atoms with Gasteiger partial charge in [0.1, 0.15) is 6.10 Å². The number of hydrogen-bond acceptors (Lipinski definition) is 3. The standard InChI is InChI=1S/C9H13NO3/c1-5-4-7(13-9(5)12)6-2-3-8(11)10-6/h5-7H,2-4H2,1H3,(H,10,11)/t5-,6+,7+/m1/s1. The van der Waals surface area contributed by atoms with E-state index >= 15 is 0 Å². The first kappa shape index (κ1) is 8.53.